The highest BCUT2D eigenvalue weighted by molar-refractivity contribution is 5.89. The molecule has 1 aromatic rings. The van der Waals surface area contributed by atoms with Crippen molar-refractivity contribution in [2.24, 2.45) is 0 Å². The molecule has 0 aliphatic carbocycles. The van der Waals surface area contributed by atoms with Gasteiger partial charge in [-0.05, 0) is 12.1 Å². The molecule has 0 saturated carbocycles. The number of hydrogen-bond acceptors (Lipinski definition) is 2. The quantitative estimate of drug-likeness (QED) is 0.852. The number of halogens is 1. The fraction of sp³-hybridized carbons (Fsp3) is 0.364. The van der Waals surface area contributed by atoms with Crippen LogP contribution in [0.4, 0.5) is 14.9 Å². The van der Waals surface area contributed by atoms with Crippen LogP contribution in [0.3, 0.4) is 0 Å². The Bertz CT molecular complexity index is 358. The number of likely N-dealkylation sites (N-methyl/N-ethyl adjacent to an activating group) is 1. The number of ether oxygens (including phenoxy) is 1. The summed E-state index contributed by atoms with van der Waals surface area (Å²) < 4.78 is 18.0. The summed E-state index contributed by atoms with van der Waals surface area (Å²) in [6.07, 6.45) is 0. The van der Waals surface area contributed by atoms with Gasteiger partial charge in [-0.2, -0.15) is 0 Å². The maximum atomic E-state index is 13.2. The first kappa shape index (κ1) is 12.4. The lowest BCUT2D eigenvalue weighted by atomic mass is 10.3. The zero-order chi connectivity index (χ0) is 12.0. The lowest BCUT2D eigenvalue weighted by Crippen LogP contribution is -2.34. The molecule has 2 amide bonds. The summed E-state index contributed by atoms with van der Waals surface area (Å²) in [5.41, 5.74) is 0.178. The molecule has 0 aromatic heterocycles. The molecular weight excluding hydrogens is 211 g/mol. The van der Waals surface area contributed by atoms with E-state index in [2.05, 4.69) is 5.32 Å². The first-order valence-electron chi connectivity index (χ1n) is 4.90. The summed E-state index contributed by atoms with van der Waals surface area (Å²) in [5, 5.41) is 2.48. The van der Waals surface area contributed by atoms with Crippen molar-refractivity contribution in [1.29, 1.82) is 0 Å². The Morgan fingerprint density at radius 1 is 1.50 bits per heavy atom. The minimum absolute atomic E-state index is 0.178. The maximum absolute atomic E-state index is 13.2. The molecule has 0 heterocycles. The van der Waals surface area contributed by atoms with Crippen molar-refractivity contribution < 1.29 is 13.9 Å². The van der Waals surface area contributed by atoms with Crippen molar-refractivity contribution in [2.75, 3.05) is 32.6 Å². The predicted octanol–water partition coefficient (Wildman–Crippen LogP) is 1.94. The maximum Gasteiger partial charge on any atom is 0.321 e. The van der Waals surface area contributed by atoms with E-state index < -0.39 is 5.82 Å². The molecule has 5 heteroatoms. The molecule has 0 spiro atoms. The van der Waals surface area contributed by atoms with Gasteiger partial charge in [0.2, 0.25) is 0 Å². The van der Waals surface area contributed by atoms with Crippen molar-refractivity contribution in [1.82, 2.24) is 4.90 Å². The van der Waals surface area contributed by atoms with Gasteiger partial charge in [-0.25, -0.2) is 9.18 Å². The lowest BCUT2D eigenvalue weighted by Gasteiger charge is -2.17. The third-order valence-electron chi connectivity index (χ3n) is 2.09. The topological polar surface area (TPSA) is 41.6 Å². The number of nitrogens with zero attached hydrogens (tertiary/aromatic N) is 1. The summed E-state index contributed by atoms with van der Waals surface area (Å²) in [4.78, 5) is 13.0. The van der Waals surface area contributed by atoms with Crippen molar-refractivity contribution in [3.05, 3.63) is 30.1 Å². The molecule has 88 valence electrons. The molecule has 0 fully saturated rings. The number of carbonyl (C=O) groups excluding carboxylic acids is 1. The van der Waals surface area contributed by atoms with Gasteiger partial charge >= 0.3 is 6.03 Å². The normalized spacial score (nSPS) is 9.94. The fourth-order valence-electron chi connectivity index (χ4n) is 1.10. The monoisotopic (exact) mass is 226 g/mol. The van der Waals surface area contributed by atoms with Gasteiger partial charge in [-0.1, -0.05) is 12.1 Å². The van der Waals surface area contributed by atoms with Crippen molar-refractivity contribution in [2.45, 2.75) is 0 Å². The minimum Gasteiger partial charge on any atom is -0.383 e. The Kier molecular flexibility index (Phi) is 4.72. The largest absolute Gasteiger partial charge is 0.383 e. The molecule has 4 nitrogen and oxygen atoms in total. The summed E-state index contributed by atoms with van der Waals surface area (Å²) in [6.45, 7) is 0.901. The number of hydrogen-bond donors (Lipinski definition) is 1. The van der Waals surface area contributed by atoms with Gasteiger partial charge in [-0.3, -0.25) is 0 Å². The first-order valence-corrected chi connectivity index (χ1v) is 4.90. The van der Waals surface area contributed by atoms with E-state index in [0.717, 1.165) is 0 Å². The van der Waals surface area contributed by atoms with Crippen molar-refractivity contribution >= 4 is 11.7 Å². The van der Waals surface area contributed by atoms with E-state index in [0.29, 0.717) is 13.2 Å². The summed E-state index contributed by atoms with van der Waals surface area (Å²) in [5.74, 6) is -0.448. The molecule has 0 atom stereocenters. The van der Waals surface area contributed by atoms with E-state index in [4.69, 9.17) is 4.74 Å². The fourth-order valence-corrected chi connectivity index (χ4v) is 1.10. The van der Waals surface area contributed by atoms with Crippen molar-refractivity contribution in [3.63, 3.8) is 0 Å². The third kappa shape index (κ3) is 3.51. The lowest BCUT2D eigenvalue weighted by molar-refractivity contribution is 0.165. The average molecular weight is 226 g/mol. The molecule has 0 bridgehead atoms. The van der Waals surface area contributed by atoms with Crippen LogP contribution in [0, 0.1) is 5.82 Å². The van der Waals surface area contributed by atoms with Crippen LogP contribution in [0.1, 0.15) is 0 Å². The Labute approximate surface area is 94.0 Å². The van der Waals surface area contributed by atoms with Crippen LogP contribution in [-0.2, 0) is 4.74 Å². The highest BCUT2D eigenvalue weighted by Gasteiger charge is 2.10. The summed E-state index contributed by atoms with van der Waals surface area (Å²) >= 11 is 0. The van der Waals surface area contributed by atoms with Crippen LogP contribution in [-0.4, -0.2) is 38.2 Å². The number of benzene rings is 1. The number of nitrogens with one attached hydrogen (secondary N) is 1. The second kappa shape index (κ2) is 6.07. The predicted molar refractivity (Wildman–Crippen MR) is 59.9 cm³/mol. The smallest absolute Gasteiger partial charge is 0.321 e. The second-order valence-corrected chi connectivity index (χ2v) is 3.32. The van der Waals surface area contributed by atoms with E-state index in [1.165, 1.54) is 17.0 Å². The third-order valence-corrected chi connectivity index (χ3v) is 2.09. The van der Waals surface area contributed by atoms with Gasteiger partial charge in [-0.15, -0.1) is 0 Å². The molecule has 1 rings (SSSR count). The molecule has 0 unspecified atom stereocenters. The number of anilines is 1. The van der Waals surface area contributed by atoms with Crippen LogP contribution < -0.4 is 5.32 Å². The molecule has 1 aromatic carbocycles. The van der Waals surface area contributed by atoms with Gasteiger partial charge in [0, 0.05) is 20.7 Å². The SMILES string of the molecule is COCCN(C)C(=O)Nc1ccccc1F. The van der Waals surface area contributed by atoms with Crippen LogP contribution >= 0.6 is 0 Å². The van der Waals surface area contributed by atoms with Gasteiger partial charge < -0.3 is 15.0 Å². The van der Waals surface area contributed by atoms with Crippen molar-refractivity contribution in [3.8, 4) is 0 Å². The standard InChI is InChI=1S/C11H15FN2O2/c1-14(7-8-16-2)11(15)13-10-6-4-3-5-9(10)12/h3-6H,7-8H2,1-2H3,(H,13,15). The van der Waals surface area contributed by atoms with Gasteiger partial charge in [0.05, 0.1) is 12.3 Å². The first-order chi connectivity index (χ1) is 7.65. The van der Waals surface area contributed by atoms with Crippen LogP contribution in [0.2, 0.25) is 0 Å². The van der Waals surface area contributed by atoms with E-state index in [-0.39, 0.29) is 11.7 Å². The zero-order valence-corrected chi connectivity index (χ0v) is 9.37. The zero-order valence-electron chi connectivity index (χ0n) is 9.37. The summed E-state index contributed by atoms with van der Waals surface area (Å²) in [7, 11) is 3.18. The van der Waals surface area contributed by atoms with E-state index in [1.54, 1.807) is 26.3 Å². The molecule has 0 saturated heterocycles. The number of urea groups is 1. The van der Waals surface area contributed by atoms with E-state index >= 15 is 0 Å². The second-order valence-electron chi connectivity index (χ2n) is 3.32. The Hall–Kier alpha value is -1.62. The van der Waals surface area contributed by atoms with Gasteiger partial charge in [0.15, 0.2) is 0 Å². The van der Waals surface area contributed by atoms with E-state index in [1.807, 2.05) is 0 Å². The molecule has 0 aliphatic heterocycles. The number of amides is 2. The Morgan fingerprint density at radius 3 is 2.81 bits per heavy atom. The number of rotatable bonds is 4. The summed E-state index contributed by atoms with van der Waals surface area (Å²) in [6, 6.07) is 5.68. The highest BCUT2D eigenvalue weighted by Crippen LogP contribution is 2.12. The van der Waals surface area contributed by atoms with Gasteiger partial charge in [0.1, 0.15) is 5.82 Å². The molecule has 16 heavy (non-hydrogen) atoms. The number of methoxy groups -OCH3 is 1. The van der Waals surface area contributed by atoms with Gasteiger partial charge in [0.25, 0.3) is 0 Å². The van der Waals surface area contributed by atoms with Crippen LogP contribution in [0.15, 0.2) is 24.3 Å². The van der Waals surface area contributed by atoms with E-state index in [9.17, 15) is 9.18 Å². The molecular formula is C11H15FN2O2. The van der Waals surface area contributed by atoms with Crippen LogP contribution in [0.5, 0.6) is 0 Å². The number of carbonyl (C=O) groups is 1. The molecule has 0 radical (unpaired) electrons. The Balaban J connectivity index is 2.54. The molecule has 0 aliphatic rings. The average Bonchev–Trinajstić information content (AvgIpc) is 2.28. The molecule has 1 N–H and O–H groups in total. The number of para-hydroxylation sites is 1. The highest BCUT2D eigenvalue weighted by atomic mass is 19.1. The van der Waals surface area contributed by atoms with Crippen LogP contribution in [0.25, 0.3) is 0 Å². The Morgan fingerprint density at radius 2 is 2.19 bits per heavy atom. The minimum atomic E-state index is -0.448.